The first-order valence-corrected chi connectivity index (χ1v) is 31.8. The van der Waals surface area contributed by atoms with Crippen LogP contribution in [0, 0.1) is 13.8 Å². The van der Waals surface area contributed by atoms with E-state index in [1.807, 2.05) is 6.92 Å². The summed E-state index contributed by atoms with van der Waals surface area (Å²) in [6.45, 7) is 25.7. The monoisotopic (exact) mass is 896 g/mol. The Hall–Kier alpha value is -2.42. The molecule has 5 aromatic rings. The zero-order valence-corrected chi connectivity index (χ0v) is 42.6. The molecule has 3 aromatic carbocycles. The molecular weight excluding hydrogens is 821 g/mol. The van der Waals surface area contributed by atoms with Gasteiger partial charge in [-0.1, -0.05) is 0 Å². The van der Waals surface area contributed by atoms with Gasteiger partial charge < -0.3 is 0 Å². The maximum atomic E-state index is 6.03. The predicted octanol–water partition coefficient (Wildman–Crippen LogP) is 13.2. The summed E-state index contributed by atoms with van der Waals surface area (Å²) in [6, 6.07) is 33.9. The number of aryl methyl sites for hydroxylation is 5. The average Bonchev–Trinajstić information content (AvgIpc) is 3.84. The van der Waals surface area contributed by atoms with E-state index in [-0.39, 0.29) is 0 Å². The maximum absolute atomic E-state index is 6.03. The third kappa shape index (κ3) is 11.7. The van der Waals surface area contributed by atoms with Crippen molar-refractivity contribution in [3.05, 3.63) is 113 Å². The molecule has 0 bridgehead atoms. The molecule has 58 heavy (non-hydrogen) atoms. The molecule has 0 aliphatic heterocycles. The van der Waals surface area contributed by atoms with Crippen LogP contribution in [0.5, 0.6) is 5.75 Å². The number of benzene rings is 3. The van der Waals surface area contributed by atoms with E-state index in [9.17, 15) is 0 Å². The van der Waals surface area contributed by atoms with Gasteiger partial charge in [0.2, 0.25) is 0 Å². The van der Waals surface area contributed by atoms with Gasteiger partial charge in [-0.25, -0.2) is 0 Å². The number of rotatable bonds is 23. The van der Waals surface area contributed by atoms with Crippen LogP contribution in [0.1, 0.15) is 121 Å². The number of hydrogen-bond acceptors (Lipinski definition) is 4. The molecule has 0 spiro atoms. The van der Waals surface area contributed by atoms with Crippen LogP contribution in [0.25, 0.3) is 9.75 Å². The first-order valence-electron chi connectivity index (χ1n) is 22.5. The van der Waals surface area contributed by atoms with Crippen LogP contribution in [-0.4, -0.2) is 41.2 Å². The Morgan fingerprint density at radius 1 is 0.621 bits per heavy atom. The van der Waals surface area contributed by atoms with E-state index in [4.69, 9.17) is 9.47 Å². The molecule has 0 saturated heterocycles. The van der Waals surface area contributed by atoms with E-state index in [2.05, 4.69) is 169 Å². The van der Waals surface area contributed by atoms with Crippen molar-refractivity contribution in [1.82, 2.24) is 0 Å². The van der Waals surface area contributed by atoms with Gasteiger partial charge in [0.15, 0.2) is 0 Å². The summed E-state index contributed by atoms with van der Waals surface area (Å²) >= 11 is 1.03. The third-order valence-corrected chi connectivity index (χ3v) is 34.3. The fourth-order valence-electron chi connectivity index (χ4n) is 8.03. The van der Waals surface area contributed by atoms with Crippen molar-refractivity contribution in [2.24, 2.45) is 0 Å². The van der Waals surface area contributed by atoms with Crippen LogP contribution >= 0.6 is 22.7 Å². The summed E-state index contributed by atoms with van der Waals surface area (Å²) in [4.78, 5) is 3.11. The quantitative estimate of drug-likeness (QED) is 0.0480. The molecule has 0 atom stereocenters. The second kappa shape index (κ2) is 21.9. The third-order valence-electron chi connectivity index (χ3n) is 12.8. The second-order valence-electron chi connectivity index (χ2n) is 18.3. The minimum absolute atomic E-state index is 0.300. The zero-order valence-electron chi connectivity index (χ0n) is 37.8. The van der Waals surface area contributed by atoms with Crippen LogP contribution in [-0.2, 0) is 24.0 Å². The number of ether oxygens (including phenoxy) is 2. The number of thiophene rings is 2. The van der Waals surface area contributed by atoms with Gasteiger partial charge in [-0.05, 0) is 0 Å². The molecule has 0 amide bonds. The molecule has 0 saturated carbocycles. The van der Waals surface area contributed by atoms with Gasteiger partial charge in [-0.3, -0.25) is 0 Å². The molecule has 5 rings (SSSR count). The summed E-state index contributed by atoms with van der Waals surface area (Å²) in [5.41, 5.74) is 7.30. The topological polar surface area (TPSA) is 18.5 Å². The second-order valence-corrected chi connectivity index (χ2v) is 35.1. The molecule has 2 nitrogen and oxygen atoms in total. The van der Waals surface area contributed by atoms with Crippen LogP contribution in [0.3, 0.4) is 0 Å². The van der Waals surface area contributed by atoms with E-state index in [1.165, 1.54) is 84.6 Å². The molecule has 0 aliphatic rings. The molecule has 2 aromatic heterocycles. The standard InChI is InChI=1S/C52H74GeO2S2Si/c1-11-14-16-18-20-43-39-49(58(9,10)52(6,7)8)57-50(43)48-38-44(21-19-17-15-12-2)51(56-48)53(45-28-22-40(4)23-29-45,46-30-24-41(5)25-31-46)35-34-42-26-32-47(33-27-42)55-37-36-54-13-3/h22-33,38-39H,11-21,34-37H2,1-10H3. The van der Waals surface area contributed by atoms with Crippen LogP contribution < -0.4 is 21.7 Å². The Balaban J connectivity index is 1.70. The van der Waals surface area contributed by atoms with Crippen molar-refractivity contribution in [2.75, 3.05) is 19.8 Å². The number of unbranched alkanes of at least 4 members (excludes halogenated alkanes) is 6. The average molecular weight is 896 g/mol. The predicted molar refractivity (Wildman–Crippen MR) is 264 cm³/mol. The molecule has 6 heteroatoms. The Bertz CT molecular complexity index is 1920. The van der Waals surface area contributed by atoms with E-state index in [0.717, 1.165) is 25.2 Å². The first-order chi connectivity index (χ1) is 27.8. The molecule has 0 N–H and O–H groups in total. The summed E-state index contributed by atoms with van der Waals surface area (Å²) in [5.74, 6) is 0.920. The van der Waals surface area contributed by atoms with Crippen molar-refractivity contribution in [1.29, 1.82) is 0 Å². The van der Waals surface area contributed by atoms with Crippen LogP contribution in [0.4, 0.5) is 0 Å². The molecular formula is C52H74GeO2S2Si. The number of hydrogen-bond donors (Lipinski definition) is 0. The SMILES string of the molecule is CCCCCCc1cc([Si](C)(C)C(C)(C)C)sc1-c1cc(CCCCCC)[c]([Ge]([CH2]Cc2ccc(OCCOCC)cc2)([c]2ccc(C)cc2)[c]2ccc(C)cc2)s1. The summed E-state index contributed by atoms with van der Waals surface area (Å²) in [7, 11) is -1.71. The van der Waals surface area contributed by atoms with Gasteiger partial charge in [0.1, 0.15) is 0 Å². The Kier molecular flexibility index (Phi) is 17.6. The van der Waals surface area contributed by atoms with Crippen molar-refractivity contribution in [3.8, 4) is 15.5 Å². The summed E-state index contributed by atoms with van der Waals surface area (Å²) in [6.07, 6.45) is 13.7. The first kappa shape index (κ1) is 46.6. The van der Waals surface area contributed by atoms with Gasteiger partial charge in [-0.2, -0.15) is 0 Å². The molecule has 0 radical (unpaired) electrons. The summed E-state index contributed by atoms with van der Waals surface area (Å²) < 4.78 is 18.1. The summed E-state index contributed by atoms with van der Waals surface area (Å²) in [5, 5.41) is 1.47. The van der Waals surface area contributed by atoms with Gasteiger partial charge in [0.05, 0.1) is 0 Å². The normalized spacial score (nSPS) is 12.4. The van der Waals surface area contributed by atoms with E-state index in [1.54, 1.807) is 33.0 Å². The fourth-order valence-corrected chi connectivity index (χ4v) is 26.9. The van der Waals surface area contributed by atoms with Gasteiger partial charge in [-0.15, -0.1) is 0 Å². The van der Waals surface area contributed by atoms with E-state index < -0.39 is 21.3 Å². The van der Waals surface area contributed by atoms with E-state index in [0.29, 0.717) is 18.3 Å². The van der Waals surface area contributed by atoms with Crippen molar-refractivity contribution in [3.63, 3.8) is 0 Å². The minimum atomic E-state index is -3.34. The van der Waals surface area contributed by atoms with Gasteiger partial charge in [0.25, 0.3) is 0 Å². The molecule has 0 aliphatic carbocycles. The zero-order chi connectivity index (χ0) is 41.8. The Morgan fingerprint density at radius 3 is 1.72 bits per heavy atom. The molecule has 0 unspecified atom stereocenters. The van der Waals surface area contributed by atoms with Crippen LogP contribution in [0.15, 0.2) is 84.9 Å². The van der Waals surface area contributed by atoms with Gasteiger partial charge in [0, 0.05) is 0 Å². The van der Waals surface area contributed by atoms with Crippen molar-refractivity contribution < 1.29 is 9.47 Å². The van der Waals surface area contributed by atoms with Crippen molar-refractivity contribution in [2.45, 2.75) is 149 Å². The molecule has 0 fully saturated rings. The molecule has 314 valence electrons. The molecule has 2 heterocycles. The van der Waals surface area contributed by atoms with Crippen molar-refractivity contribution >= 4 is 61.0 Å². The Morgan fingerprint density at radius 2 is 1.19 bits per heavy atom. The van der Waals surface area contributed by atoms with E-state index >= 15 is 0 Å². The Labute approximate surface area is 365 Å². The fraction of sp³-hybridized carbons (Fsp3) is 0.500. The van der Waals surface area contributed by atoms with Gasteiger partial charge >= 0.3 is 368 Å². The van der Waals surface area contributed by atoms with Crippen LogP contribution in [0.2, 0.25) is 23.4 Å².